The Morgan fingerprint density at radius 1 is 1.54 bits per heavy atom. The molecule has 1 aromatic heterocycles. The highest BCUT2D eigenvalue weighted by atomic mass is 16.6. The third-order valence-electron chi connectivity index (χ3n) is 2.90. The summed E-state index contributed by atoms with van der Waals surface area (Å²) in [6.45, 7) is 3.33. The van der Waals surface area contributed by atoms with E-state index in [2.05, 4.69) is 27.2 Å². The third-order valence-corrected chi connectivity index (χ3v) is 2.90. The first kappa shape index (κ1) is 16.8. The normalized spacial score (nSPS) is 10.7. The van der Waals surface area contributed by atoms with E-state index in [0.29, 0.717) is 17.5 Å². The molecule has 1 heterocycles. The van der Waals surface area contributed by atoms with Crippen LogP contribution in [0, 0.1) is 10.1 Å². The second-order valence-corrected chi connectivity index (χ2v) is 4.64. The van der Waals surface area contributed by atoms with Gasteiger partial charge in [0.25, 0.3) is 5.91 Å². The fraction of sp³-hybridized carbons (Fsp3) is 0.143. The van der Waals surface area contributed by atoms with Crippen LogP contribution in [0.4, 0.5) is 5.95 Å². The summed E-state index contributed by atoms with van der Waals surface area (Å²) in [5.41, 5.74) is 3.36. The van der Waals surface area contributed by atoms with Crippen LogP contribution < -0.4 is 5.43 Å². The zero-order valence-electron chi connectivity index (χ0n) is 12.5. The minimum atomic E-state index is -0.758. The Labute approximate surface area is 136 Å². The fourth-order valence-corrected chi connectivity index (χ4v) is 1.84. The molecule has 2 rings (SSSR count). The number of hydrazone groups is 1. The highest BCUT2D eigenvalue weighted by molar-refractivity contribution is 5.85. The van der Waals surface area contributed by atoms with Crippen molar-refractivity contribution in [2.24, 2.45) is 5.10 Å². The minimum Gasteiger partial charge on any atom is -0.507 e. The molecule has 24 heavy (non-hydrogen) atoms. The van der Waals surface area contributed by atoms with E-state index in [4.69, 9.17) is 0 Å². The van der Waals surface area contributed by atoms with E-state index in [1.54, 1.807) is 24.3 Å². The summed E-state index contributed by atoms with van der Waals surface area (Å²) in [6.07, 6.45) is 4.54. The van der Waals surface area contributed by atoms with E-state index >= 15 is 0 Å². The monoisotopic (exact) mass is 330 g/mol. The average molecular weight is 330 g/mol. The zero-order valence-corrected chi connectivity index (χ0v) is 12.5. The van der Waals surface area contributed by atoms with Gasteiger partial charge in [-0.05, 0) is 23.0 Å². The molecule has 0 aliphatic rings. The summed E-state index contributed by atoms with van der Waals surface area (Å²) in [4.78, 5) is 24.8. The number of nitrogens with one attached hydrogen (secondary N) is 1. The van der Waals surface area contributed by atoms with Crippen molar-refractivity contribution >= 4 is 18.1 Å². The molecule has 0 unspecified atom stereocenters. The Balaban J connectivity index is 1.95. The molecule has 2 aromatic rings. The van der Waals surface area contributed by atoms with Gasteiger partial charge < -0.3 is 15.2 Å². The molecule has 124 valence electrons. The van der Waals surface area contributed by atoms with E-state index in [9.17, 15) is 20.0 Å². The Morgan fingerprint density at radius 3 is 3.00 bits per heavy atom. The average Bonchev–Trinajstić information content (AvgIpc) is 3.00. The van der Waals surface area contributed by atoms with Gasteiger partial charge in [0.2, 0.25) is 6.33 Å². The van der Waals surface area contributed by atoms with Crippen LogP contribution in [0.25, 0.3) is 0 Å². The van der Waals surface area contributed by atoms with Gasteiger partial charge in [0.15, 0.2) is 0 Å². The molecule has 10 nitrogen and oxygen atoms in total. The molecular formula is C14H14N6O4. The summed E-state index contributed by atoms with van der Waals surface area (Å²) < 4.78 is 1.02. The number of allylic oxidation sites excluding steroid dienone is 1. The number of phenolic OH excluding ortho intramolecular Hbond substituents is 1. The molecule has 0 saturated carbocycles. The van der Waals surface area contributed by atoms with Gasteiger partial charge in [0, 0.05) is 10.7 Å². The molecule has 0 saturated heterocycles. The van der Waals surface area contributed by atoms with Crippen LogP contribution in [0.1, 0.15) is 11.1 Å². The number of benzene rings is 1. The van der Waals surface area contributed by atoms with Gasteiger partial charge in [-0.2, -0.15) is 9.78 Å². The lowest BCUT2D eigenvalue weighted by Gasteiger charge is -2.04. The third kappa shape index (κ3) is 4.22. The van der Waals surface area contributed by atoms with E-state index in [-0.39, 0.29) is 12.3 Å². The topological polar surface area (TPSA) is 136 Å². The van der Waals surface area contributed by atoms with Gasteiger partial charge in [0.1, 0.15) is 12.3 Å². The number of nitro groups is 1. The number of rotatable bonds is 7. The van der Waals surface area contributed by atoms with Crippen LogP contribution in [-0.2, 0) is 17.8 Å². The van der Waals surface area contributed by atoms with Crippen molar-refractivity contribution < 1.29 is 14.8 Å². The largest absolute Gasteiger partial charge is 0.507 e. The molecule has 0 aliphatic carbocycles. The lowest BCUT2D eigenvalue weighted by Crippen LogP contribution is -2.23. The van der Waals surface area contributed by atoms with Crippen molar-refractivity contribution in [3.63, 3.8) is 0 Å². The molecule has 1 amide bonds. The molecule has 10 heteroatoms. The van der Waals surface area contributed by atoms with Crippen LogP contribution in [0.15, 0.2) is 42.3 Å². The summed E-state index contributed by atoms with van der Waals surface area (Å²) >= 11 is 0. The van der Waals surface area contributed by atoms with Gasteiger partial charge in [0.05, 0.1) is 6.21 Å². The SMILES string of the molecule is C=CCc1cccc(C=NNC(=O)Cn2cnc([N+](=O)[O-])n2)c1O. The second-order valence-electron chi connectivity index (χ2n) is 4.64. The lowest BCUT2D eigenvalue weighted by molar-refractivity contribution is -0.394. The van der Waals surface area contributed by atoms with Crippen molar-refractivity contribution in [3.05, 3.63) is 58.4 Å². The Bertz CT molecular complexity index is 798. The Morgan fingerprint density at radius 2 is 2.33 bits per heavy atom. The predicted octanol–water partition coefficient (Wildman–Crippen LogP) is 0.771. The predicted molar refractivity (Wildman–Crippen MR) is 84.4 cm³/mol. The maximum atomic E-state index is 11.7. The number of aromatic hydroxyl groups is 1. The summed E-state index contributed by atoms with van der Waals surface area (Å²) in [6, 6.07) is 5.14. The first-order chi connectivity index (χ1) is 11.5. The standard InChI is InChI=1S/C14H14N6O4/c1-2-4-10-5-3-6-11(13(10)22)7-16-17-12(21)8-19-9-15-14(18-19)20(23)24/h2-3,5-7,9,22H,1,4,8H2,(H,17,21). The number of para-hydroxylation sites is 1. The number of amides is 1. The smallest absolute Gasteiger partial charge is 0.490 e. The van der Waals surface area contributed by atoms with Crippen LogP contribution in [-0.4, -0.2) is 36.9 Å². The van der Waals surface area contributed by atoms with Crippen LogP contribution in [0.3, 0.4) is 0 Å². The summed E-state index contributed by atoms with van der Waals surface area (Å²) in [7, 11) is 0. The first-order valence-electron chi connectivity index (χ1n) is 6.78. The van der Waals surface area contributed by atoms with Gasteiger partial charge in [-0.15, -0.1) is 6.58 Å². The van der Waals surface area contributed by atoms with Crippen LogP contribution in [0.2, 0.25) is 0 Å². The molecule has 1 aromatic carbocycles. The number of carbonyl (C=O) groups excluding carboxylic acids is 1. The summed E-state index contributed by atoms with van der Waals surface area (Å²) in [5, 5.41) is 27.7. The van der Waals surface area contributed by atoms with Crippen molar-refractivity contribution in [3.8, 4) is 5.75 Å². The molecule has 0 atom stereocenters. The molecule has 2 N–H and O–H groups in total. The molecule has 0 spiro atoms. The molecule has 0 bridgehead atoms. The molecule has 0 fully saturated rings. The maximum Gasteiger partial charge on any atom is 0.490 e. The number of hydrogen-bond donors (Lipinski definition) is 2. The zero-order chi connectivity index (χ0) is 17.5. The molecule has 0 aliphatic heterocycles. The van der Waals surface area contributed by atoms with Gasteiger partial charge in [-0.1, -0.05) is 23.2 Å². The summed E-state index contributed by atoms with van der Waals surface area (Å²) in [5.74, 6) is -1.08. The number of nitrogens with zero attached hydrogens (tertiary/aromatic N) is 5. The van der Waals surface area contributed by atoms with Gasteiger partial charge in [-0.25, -0.2) is 5.43 Å². The van der Waals surface area contributed by atoms with Crippen molar-refractivity contribution in [2.45, 2.75) is 13.0 Å². The minimum absolute atomic E-state index is 0.0577. The number of hydrogen-bond acceptors (Lipinski definition) is 7. The van der Waals surface area contributed by atoms with Gasteiger partial charge in [-0.3, -0.25) is 4.79 Å². The van der Waals surface area contributed by atoms with Gasteiger partial charge >= 0.3 is 5.95 Å². The fourth-order valence-electron chi connectivity index (χ4n) is 1.84. The number of aromatic nitrogens is 3. The van der Waals surface area contributed by atoms with Crippen LogP contribution in [0.5, 0.6) is 5.75 Å². The molecular weight excluding hydrogens is 316 g/mol. The van der Waals surface area contributed by atoms with E-state index in [1.807, 2.05) is 0 Å². The number of carbonyl (C=O) groups is 1. The number of phenols is 1. The Kier molecular flexibility index (Phi) is 5.34. The lowest BCUT2D eigenvalue weighted by atomic mass is 10.1. The van der Waals surface area contributed by atoms with E-state index < -0.39 is 16.8 Å². The quantitative estimate of drug-likeness (QED) is 0.333. The van der Waals surface area contributed by atoms with E-state index in [1.165, 1.54) is 6.21 Å². The Hall–Kier alpha value is -3.56. The van der Waals surface area contributed by atoms with Crippen molar-refractivity contribution in [2.75, 3.05) is 0 Å². The maximum absolute atomic E-state index is 11.7. The van der Waals surface area contributed by atoms with Crippen LogP contribution >= 0.6 is 0 Å². The van der Waals surface area contributed by atoms with E-state index in [0.717, 1.165) is 11.0 Å². The highest BCUT2D eigenvalue weighted by Gasteiger charge is 2.14. The first-order valence-corrected chi connectivity index (χ1v) is 6.78. The molecule has 0 radical (unpaired) electrons. The van der Waals surface area contributed by atoms with Crippen molar-refractivity contribution in [1.82, 2.24) is 20.2 Å². The highest BCUT2D eigenvalue weighted by Crippen LogP contribution is 2.21. The van der Waals surface area contributed by atoms with Crippen molar-refractivity contribution in [1.29, 1.82) is 0 Å². The second kappa shape index (κ2) is 7.63.